The molecule has 0 aliphatic heterocycles. The zero-order valence-electron chi connectivity index (χ0n) is 20.9. The number of thioether (sulfide) groups is 1. The molecule has 1 aliphatic carbocycles. The second kappa shape index (κ2) is 10.3. The number of carbonyl (C=O) groups excluding carboxylic acids is 1. The van der Waals surface area contributed by atoms with Gasteiger partial charge in [-0.15, -0.1) is 10.2 Å². The van der Waals surface area contributed by atoms with E-state index in [1.165, 1.54) is 17.3 Å². The Morgan fingerprint density at radius 1 is 1.20 bits per heavy atom. The molecule has 184 valence electrons. The van der Waals surface area contributed by atoms with E-state index < -0.39 is 10.8 Å². The zero-order valence-corrected chi connectivity index (χ0v) is 21.7. The maximum absolute atomic E-state index is 13.1. The molecule has 1 unspecified atom stereocenters. The topological polar surface area (TPSA) is 96.7 Å². The molecule has 3 aromatic rings. The van der Waals surface area contributed by atoms with Gasteiger partial charge in [-0.3, -0.25) is 9.36 Å². The van der Waals surface area contributed by atoms with Crippen LogP contribution in [0.1, 0.15) is 71.1 Å². The number of benzene rings is 1. The molecule has 1 amide bonds. The Balaban J connectivity index is 1.58. The molecule has 0 saturated heterocycles. The SMILES string of the molecule is CC(Sc1nnc(-c2ccc(C(C)(C)C)cc2)n1Cc1ccco1)C(=O)NC1(C#N)CCCCC1. The summed E-state index contributed by atoms with van der Waals surface area (Å²) in [4.78, 5) is 13.1. The molecule has 2 heterocycles. The lowest BCUT2D eigenvalue weighted by molar-refractivity contribution is -0.121. The number of furan rings is 1. The second-order valence-electron chi connectivity index (χ2n) is 10.3. The van der Waals surface area contributed by atoms with Crippen LogP contribution in [0, 0.1) is 11.3 Å². The smallest absolute Gasteiger partial charge is 0.234 e. The van der Waals surface area contributed by atoms with Crippen LogP contribution in [0.15, 0.2) is 52.2 Å². The minimum absolute atomic E-state index is 0.0588. The first-order chi connectivity index (χ1) is 16.7. The number of rotatable bonds is 7. The molecule has 1 atom stereocenters. The fraction of sp³-hybridized carbons (Fsp3) is 0.481. The quantitative estimate of drug-likeness (QED) is 0.425. The van der Waals surface area contributed by atoms with Gasteiger partial charge in [0, 0.05) is 5.56 Å². The maximum Gasteiger partial charge on any atom is 0.234 e. The zero-order chi connectivity index (χ0) is 25.1. The highest BCUT2D eigenvalue weighted by Gasteiger charge is 2.35. The van der Waals surface area contributed by atoms with Crippen LogP contribution >= 0.6 is 11.8 Å². The van der Waals surface area contributed by atoms with Crippen LogP contribution in [0.25, 0.3) is 11.4 Å². The van der Waals surface area contributed by atoms with Gasteiger partial charge in [0.15, 0.2) is 11.0 Å². The summed E-state index contributed by atoms with van der Waals surface area (Å²) in [5.41, 5.74) is 1.49. The minimum atomic E-state index is -0.758. The minimum Gasteiger partial charge on any atom is -0.467 e. The highest BCUT2D eigenvalue weighted by atomic mass is 32.2. The van der Waals surface area contributed by atoms with Crippen molar-refractivity contribution in [3.8, 4) is 17.5 Å². The Labute approximate surface area is 211 Å². The van der Waals surface area contributed by atoms with E-state index in [-0.39, 0.29) is 11.3 Å². The van der Waals surface area contributed by atoms with E-state index in [1.54, 1.807) is 6.26 Å². The molecule has 1 fully saturated rings. The van der Waals surface area contributed by atoms with Crippen molar-refractivity contribution in [1.29, 1.82) is 5.26 Å². The van der Waals surface area contributed by atoms with Crippen molar-refractivity contribution >= 4 is 17.7 Å². The first-order valence-electron chi connectivity index (χ1n) is 12.2. The third-order valence-corrected chi connectivity index (χ3v) is 7.64. The number of nitrogens with zero attached hydrogens (tertiary/aromatic N) is 4. The van der Waals surface area contributed by atoms with E-state index in [2.05, 4.69) is 66.6 Å². The highest BCUT2D eigenvalue weighted by Crippen LogP contribution is 2.32. The van der Waals surface area contributed by atoms with Crippen molar-refractivity contribution < 1.29 is 9.21 Å². The van der Waals surface area contributed by atoms with Gasteiger partial charge in [-0.05, 0) is 42.9 Å². The van der Waals surface area contributed by atoms with Crippen LogP contribution in [0.2, 0.25) is 0 Å². The van der Waals surface area contributed by atoms with Crippen molar-refractivity contribution in [3.05, 3.63) is 54.0 Å². The fourth-order valence-electron chi connectivity index (χ4n) is 4.38. The summed E-state index contributed by atoms with van der Waals surface area (Å²) >= 11 is 1.35. The average molecular weight is 492 g/mol. The van der Waals surface area contributed by atoms with Crippen molar-refractivity contribution in [2.45, 2.75) is 87.7 Å². The van der Waals surface area contributed by atoms with E-state index in [0.29, 0.717) is 24.5 Å². The number of carbonyl (C=O) groups is 1. The monoisotopic (exact) mass is 491 g/mol. The third kappa shape index (κ3) is 5.79. The molecule has 35 heavy (non-hydrogen) atoms. The summed E-state index contributed by atoms with van der Waals surface area (Å²) in [5.74, 6) is 1.35. The van der Waals surface area contributed by atoms with Gasteiger partial charge in [-0.2, -0.15) is 5.26 Å². The summed E-state index contributed by atoms with van der Waals surface area (Å²) in [6, 6.07) is 14.5. The molecule has 8 heteroatoms. The van der Waals surface area contributed by atoms with E-state index >= 15 is 0 Å². The second-order valence-corrected chi connectivity index (χ2v) is 11.6. The number of hydrogen-bond donors (Lipinski definition) is 1. The largest absolute Gasteiger partial charge is 0.467 e. The van der Waals surface area contributed by atoms with Crippen molar-refractivity contribution in [3.63, 3.8) is 0 Å². The standard InChI is InChI=1S/C27H33N5O2S/c1-19(24(33)29-27(18-28)14-6-5-7-15-27)35-25-31-30-23(32(25)17-22-9-8-16-34-22)20-10-12-21(13-11-20)26(2,3)4/h8-13,16,19H,5-7,14-15,17H2,1-4H3,(H,29,33). The number of nitriles is 1. The van der Waals surface area contributed by atoms with E-state index in [4.69, 9.17) is 4.42 Å². The van der Waals surface area contributed by atoms with E-state index in [0.717, 1.165) is 36.4 Å². The number of amides is 1. The lowest BCUT2D eigenvalue weighted by atomic mass is 9.83. The van der Waals surface area contributed by atoms with Crippen LogP contribution in [-0.2, 0) is 16.8 Å². The van der Waals surface area contributed by atoms with Gasteiger partial charge in [0.1, 0.15) is 11.3 Å². The van der Waals surface area contributed by atoms with Gasteiger partial charge in [0.25, 0.3) is 0 Å². The predicted octanol–water partition coefficient (Wildman–Crippen LogP) is 5.71. The Bertz CT molecular complexity index is 1180. The van der Waals surface area contributed by atoms with Crippen molar-refractivity contribution in [2.75, 3.05) is 0 Å². The van der Waals surface area contributed by atoms with Crippen LogP contribution in [0.4, 0.5) is 0 Å². The average Bonchev–Trinajstić information content (AvgIpc) is 3.50. The molecule has 1 saturated carbocycles. The Kier molecular flexibility index (Phi) is 7.36. The molecule has 4 rings (SSSR count). The highest BCUT2D eigenvalue weighted by molar-refractivity contribution is 8.00. The van der Waals surface area contributed by atoms with Crippen LogP contribution in [0.5, 0.6) is 0 Å². The molecule has 2 aromatic heterocycles. The van der Waals surface area contributed by atoms with Gasteiger partial charge in [0.2, 0.25) is 5.91 Å². The predicted molar refractivity (Wildman–Crippen MR) is 137 cm³/mol. The van der Waals surface area contributed by atoms with Gasteiger partial charge in [-0.25, -0.2) is 0 Å². The molecule has 0 bridgehead atoms. The van der Waals surface area contributed by atoms with Crippen LogP contribution < -0.4 is 5.32 Å². The summed E-state index contributed by atoms with van der Waals surface area (Å²) in [6.07, 6.45) is 6.09. The van der Waals surface area contributed by atoms with Crippen molar-refractivity contribution in [1.82, 2.24) is 20.1 Å². The molecule has 0 spiro atoms. The maximum atomic E-state index is 13.1. The Morgan fingerprint density at radius 2 is 1.91 bits per heavy atom. The lowest BCUT2D eigenvalue weighted by Gasteiger charge is -2.32. The van der Waals surface area contributed by atoms with E-state index in [1.807, 2.05) is 23.6 Å². The molecule has 0 radical (unpaired) electrons. The molecule has 1 N–H and O–H groups in total. The summed E-state index contributed by atoms with van der Waals surface area (Å²) in [7, 11) is 0. The van der Waals surface area contributed by atoms with Gasteiger partial charge >= 0.3 is 0 Å². The van der Waals surface area contributed by atoms with Crippen LogP contribution in [0.3, 0.4) is 0 Å². The number of nitrogens with one attached hydrogen (secondary N) is 1. The van der Waals surface area contributed by atoms with Gasteiger partial charge in [-0.1, -0.05) is 76.1 Å². The Hall–Kier alpha value is -3.05. The Morgan fingerprint density at radius 3 is 2.51 bits per heavy atom. The molecular formula is C27H33N5O2S. The first-order valence-corrected chi connectivity index (χ1v) is 13.1. The van der Waals surface area contributed by atoms with Gasteiger partial charge in [0.05, 0.1) is 24.1 Å². The number of hydrogen-bond acceptors (Lipinski definition) is 6. The normalized spacial score (nSPS) is 16.4. The number of aromatic nitrogens is 3. The summed E-state index contributed by atoms with van der Waals surface area (Å²) in [5, 5.41) is 21.9. The third-order valence-electron chi connectivity index (χ3n) is 6.56. The van der Waals surface area contributed by atoms with Gasteiger partial charge < -0.3 is 9.73 Å². The van der Waals surface area contributed by atoms with Crippen molar-refractivity contribution in [2.24, 2.45) is 0 Å². The summed E-state index contributed by atoms with van der Waals surface area (Å²) in [6.45, 7) is 8.86. The molecular weight excluding hydrogens is 458 g/mol. The van der Waals surface area contributed by atoms with Crippen LogP contribution in [-0.4, -0.2) is 31.5 Å². The fourth-order valence-corrected chi connectivity index (χ4v) is 5.23. The first kappa shape index (κ1) is 25.1. The lowest BCUT2D eigenvalue weighted by Crippen LogP contribution is -2.51. The molecule has 1 aliphatic rings. The molecule has 7 nitrogen and oxygen atoms in total. The summed E-state index contributed by atoms with van der Waals surface area (Å²) < 4.78 is 7.58. The van der Waals surface area contributed by atoms with E-state index in [9.17, 15) is 10.1 Å². The molecule has 1 aromatic carbocycles.